The first-order chi connectivity index (χ1) is 13.5. The molecule has 3 nitrogen and oxygen atoms in total. The van der Waals surface area contributed by atoms with Crippen LogP contribution in [0.4, 0.5) is 4.39 Å². The summed E-state index contributed by atoms with van der Waals surface area (Å²) < 4.78 is 19.3. The molecule has 0 aliphatic carbocycles. The van der Waals surface area contributed by atoms with Crippen molar-refractivity contribution in [1.29, 1.82) is 0 Å². The molecule has 1 aliphatic rings. The maximum absolute atomic E-state index is 13.3. The van der Waals surface area contributed by atoms with Crippen LogP contribution in [-0.4, -0.2) is 11.6 Å². The lowest BCUT2D eigenvalue weighted by Crippen LogP contribution is -2.31. The highest BCUT2D eigenvalue weighted by atomic mass is 35.5. The highest BCUT2D eigenvalue weighted by molar-refractivity contribution is 6.30. The van der Waals surface area contributed by atoms with Crippen molar-refractivity contribution in [2.75, 3.05) is 0 Å². The van der Waals surface area contributed by atoms with Gasteiger partial charge >= 0.3 is 0 Å². The van der Waals surface area contributed by atoms with Crippen molar-refractivity contribution in [2.45, 2.75) is 12.8 Å². The summed E-state index contributed by atoms with van der Waals surface area (Å²) in [6.45, 7) is 1.40. The van der Waals surface area contributed by atoms with Crippen molar-refractivity contribution in [2.24, 2.45) is 5.92 Å². The van der Waals surface area contributed by atoms with Crippen LogP contribution >= 0.6 is 11.6 Å². The summed E-state index contributed by atoms with van der Waals surface area (Å²) in [5.74, 6) is -1.44. The maximum atomic E-state index is 13.3. The molecule has 0 bridgehead atoms. The van der Waals surface area contributed by atoms with Gasteiger partial charge in [0, 0.05) is 27.6 Å². The molecule has 1 aliphatic heterocycles. The number of carbonyl (C=O) groups is 2. The number of ether oxygens (including phenoxy) is 1. The molecule has 3 aromatic rings. The maximum Gasteiger partial charge on any atom is 0.174 e. The van der Waals surface area contributed by atoms with Crippen LogP contribution in [0.2, 0.25) is 5.02 Å². The summed E-state index contributed by atoms with van der Waals surface area (Å²) in [5.41, 5.74) is 1.71. The standard InChI is InChI=1S/C23H16ClFO3/c1-13(26)21(23(27)14-6-9-16(25)10-7-14)22-17-4-2-3-5-19(17)28-20-11-8-15(24)12-18(20)22/h2-12,21-22H,1H3/t21-,22+/m0/s1. The molecule has 0 unspecified atom stereocenters. The summed E-state index contributed by atoms with van der Waals surface area (Å²) in [5, 5.41) is 0.489. The first kappa shape index (κ1) is 18.4. The highest BCUT2D eigenvalue weighted by Gasteiger charge is 2.40. The minimum Gasteiger partial charge on any atom is -0.457 e. The average molecular weight is 395 g/mol. The molecule has 1 heterocycles. The van der Waals surface area contributed by atoms with Gasteiger partial charge in [-0.05, 0) is 55.5 Å². The lowest BCUT2D eigenvalue weighted by Gasteiger charge is -2.32. The zero-order chi connectivity index (χ0) is 19.8. The van der Waals surface area contributed by atoms with Gasteiger partial charge < -0.3 is 4.74 Å². The number of para-hydroxylation sites is 1. The summed E-state index contributed by atoms with van der Waals surface area (Å²) in [6, 6.07) is 17.7. The van der Waals surface area contributed by atoms with Crippen molar-refractivity contribution in [3.8, 4) is 11.5 Å². The molecule has 0 aromatic heterocycles. The van der Waals surface area contributed by atoms with Gasteiger partial charge in [-0.3, -0.25) is 9.59 Å². The van der Waals surface area contributed by atoms with Crippen LogP contribution in [0.15, 0.2) is 66.7 Å². The number of halogens is 2. The van der Waals surface area contributed by atoms with Gasteiger partial charge in [0.25, 0.3) is 0 Å². The largest absolute Gasteiger partial charge is 0.457 e. The highest BCUT2D eigenvalue weighted by Crippen LogP contribution is 2.49. The van der Waals surface area contributed by atoms with E-state index >= 15 is 0 Å². The first-order valence-electron chi connectivity index (χ1n) is 8.82. The van der Waals surface area contributed by atoms with E-state index < -0.39 is 17.7 Å². The summed E-state index contributed by atoms with van der Waals surface area (Å²) in [7, 11) is 0. The molecular weight excluding hydrogens is 379 g/mol. The van der Waals surface area contributed by atoms with Crippen molar-refractivity contribution < 1.29 is 18.7 Å². The van der Waals surface area contributed by atoms with Gasteiger partial charge in [-0.25, -0.2) is 4.39 Å². The summed E-state index contributed by atoms with van der Waals surface area (Å²) >= 11 is 6.20. The van der Waals surface area contributed by atoms with Crippen LogP contribution in [0, 0.1) is 11.7 Å². The second-order valence-corrected chi connectivity index (χ2v) is 7.20. The molecular formula is C23H16ClFO3. The quantitative estimate of drug-likeness (QED) is 0.414. The molecule has 0 N–H and O–H groups in total. The lowest BCUT2D eigenvalue weighted by atomic mass is 9.74. The van der Waals surface area contributed by atoms with Crippen LogP contribution in [0.25, 0.3) is 0 Å². The summed E-state index contributed by atoms with van der Waals surface area (Å²) in [4.78, 5) is 25.9. The number of rotatable bonds is 4. The molecule has 0 radical (unpaired) electrons. The van der Waals surface area contributed by atoms with E-state index in [0.29, 0.717) is 22.1 Å². The average Bonchev–Trinajstić information content (AvgIpc) is 2.68. The van der Waals surface area contributed by atoms with Gasteiger partial charge in [0.15, 0.2) is 5.78 Å². The molecule has 140 valence electrons. The second-order valence-electron chi connectivity index (χ2n) is 6.76. The van der Waals surface area contributed by atoms with E-state index in [1.54, 1.807) is 24.3 Å². The molecule has 0 amide bonds. The smallest absolute Gasteiger partial charge is 0.174 e. The third kappa shape index (κ3) is 3.20. The van der Waals surface area contributed by atoms with Gasteiger partial charge in [-0.15, -0.1) is 0 Å². The van der Waals surface area contributed by atoms with E-state index in [-0.39, 0.29) is 17.1 Å². The van der Waals surface area contributed by atoms with Crippen molar-refractivity contribution in [1.82, 2.24) is 0 Å². The molecule has 5 heteroatoms. The lowest BCUT2D eigenvalue weighted by molar-refractivity contribution is -0.119. The Morgan fingerprint density at radius 2 is 1.64 bits per heavy atom. The van der Waals surface area contributed by atoms with Crippen molar-refractivity contribution in [3.63, 3.8) is 0 Å². The molecule has 2 atom stereocenters. The SMILES string of the molecule is CC(=O)[C@H](C(=O)c1ccc(F)cc1)[C@@H]1c2ccccc2Oc2ccc(Cl)cc21. The molecule has 0 spiro atoms. The molecule has 0 saturated carbocycles. The topological polar surface area (TPSA) is 43.4 Å². The van der Waals surface area contributed by atoms with Gasteiger partial charge in [-0.1, -0.05) is 29.8 Å². The Morgan fingerprint density at radius 1 is 0.964 bits per heavy atom. The van der Waals surface area contributed by atoms with E-state index in [1.165, 1.54) is 31.2 Å². The van der Waals surface area contributed by atoms with Gasteiger partial charge in [0.05, 0.1) is 5.92 Å². The Hall–Kier alpha value is -2.98. The number of carbonyl (C=O) groups excluding carboxylic acids is 2. The number of hydrogen-bond acceptors (Lipinski definition) is 3. The normalized spacial score (nSPS) is 15.8. The molecule has 4 rings (SSSR count). The Morgan fingerprint density at radius 3 is 2.36 bits per heavy atom. The van der Waals surface area contributed by atoms with Crippen LogP contribution in [0.1, 0.15) is 34.3 Å². The predicted molar refractivity (Wildman–Crippen MR) is 105 cm³/mol. The fourth-order valence-electron chi connectivity index (χ4n) is 3.70. The van der Waals surface area contributed by atoms with Gasteiger partial charge in [0.1, 0.15) is 23.1 Å². The van der Waals surface area contributed by atoms with E-state index in [4.69, 9.17) is 16.3 Å². The Bertz CT molecular complexity index is 1080. The van der Waals surface area contributed by atoms with Crippen LogP contribution in [0.3, 0.4) is 0 Å². The number of ketones is 2. The fourth-order valence-corrected chi connectivity index (χ4v) is 3.88. The zero-order valence-corrected chi connectivity index (χ0v) is 15.7. The van der Waals surface area contributed by atoms with Crippen molar-refractivity contribution >= 4 is 23.2 Å². The number of fused-ring (bicyclic) bond motifs is 2. The Balaban J connectivity index is 1.89. The molecule has 28 heavy (non-hydrogen) atoms. The fraction of sp³-hybridized carbons (Fsp3) is 0.130. The minimum atomic E-state index is -0.979. The van der Waals surface area contributed by atoms with Gasteiger partial charge in [0.2, 0.25) is 0 Å². The second kappa shape index (κ2) is 7.21. The third-order valence-electron chi connectivity index (χ3n) is 4.96. The first-order valence-corrected chi connectivity index (χ1v) is 9.20. The molecule has 3 aromatic carbocycles. The van der Waals surface area contributed by atoms with Crippen molar-refractivity contribution in [3.05, 3.63) is 94.3 Å². The van der Waals surface area contributed by atoms with Crippen LogP contribution < -0.4 is 4.74 Å². The number of benzene rings is 3. The van der Waals surface area contributed by atoms with Gasteiger partial charge in [-0.2, -0.15) is 0 Å². The number of hydrogen-bond donors (Lipinski definition) is 0. The third-order valence-corrected chi connectivity index (χ3v) is 5.20. The van der Waals surface area contributed by atoms with E-state index in [2.05, 4.69) is 0 Å². The predicted octanol–water partition coefficient (Wildman–Crippen LogP) is 5.80. The summed E-state index contributed by atoms with van der Waals surface area (Å²) in [6.07, 6.45) is 0. The Labute approximate surface area is 166 Å². The zero-order valence-electron chi connectivity index (χ0n) is 15.0. The van der Waals surface area contributed by atoms with E-state index in [1.807, 2.05) is 18.2 Å². The Kier molecular flexibility index (Phi) is 4.73. The number of Topliss-reactive ketones (excluding diaryl/α,β-unsaturated/α-hetero) is 2. The van der Waals surface area contributed by atoms with Crippen LogP contribution in [0.5, 0.6) is 11.5 Å². The molecule has 0 saturated heterocycles. The minimum absolute atomic E-state index is 0.276. The monoisotopic (exact) mass is 394 g/mol. The van der Waals surface area contributed by atoms with Crippen LogP contribution in [-0.2, 0) is 4.79 Å². The van der Waals surface area contributed by atoms with E-state index in [9.17, 15) is 14.0 Å². The molecule has 0 fully saturated rings. The van der Waals surface area contributed by atoms with E-state index in [0.717, 1.165) is 5.56 Å².